The van der Waals surface area contributed by atoms with Crippen LogP contribution < -0.4 is 47.3 Å². The van der Waals surface area contributed by atoms with Gasteiger partial charge in [0.15, 0.2) is 34.6 Å². The Hall–Kier alpha value is -8.98. The first-order chi connectivity index (χ1) is 44.2. The molecule has 492 valence electrons. The summed E-state index contributed by atoms with van der Waals surface area (Å²) in [6.07, 6.45) is 6.17. The largest absolute Gasteiger partial charge is 0.493 e. The van der Waals surface area contributed by atoms with E-state index in [2.05, 4.69) is 58.8 Å². The van der Waals surface area contributed by atoms with Gasteiger partial charge in [0.2, 0.25) is 43.2 Å². The van der Waals surface area contributed by atoms with Gasteiger partial charge in [-0.05, 0) is 114 Å². The molecule has 0 aliphatic rings. The van der Waals surface area contributed by atoms with Gasteiger partial charge < -0.3 is 28.4 Å². The van der Waals surface area contributed by atoms with Crippen molar-refractivity contribution in [3.8, 4) is 69.6 Å². The fourth-order valence-electron chi connectivity index (χ4n) is 8.13. The average Bonchev–Trinajstić information content (AvgIpc) is 1.79. The topological polar surface area (TPSA) is 343 Å². The molecule has 0 amide bonds. The Morgan fingerprint density at radius 1 is 0.452 bits per heavy atom. The smallest absolute Gasteiger partial charge is 0.263 e. The number of methoxy groups -OCH3 is 2. The van der Waals surface area contributed by atoms with Crippen LogP contribution in [0.25, 0.3) is 23.3 Å². The van der Waals surface area contributed by atoms with Crippen LogP contribution in [0.2, 0.25) is 0 Å². The molecule has 0 atom stereocenters. The molecule has 0 saturated carbocycles. The van der Waals surface area contributed by atoms with Crippen molar-refractivity contribution >= 4 is 63.1 Å². The molecule has 4 aromatic carbocycles. The second-order valence-corrected chi connectivity index (χ2v) is 30.5. The minimum Gasteiger partial charge on any atom is -0.493 e. The van der Waals surface area contributed by atoms with Crippen LogP contribution in [0.1, 0.15) is 72.4 Å². The third-order valence-electron chi connectivity index (χ3n) is 13.1. The molecule has 9 aromatic rings. The van der Waals surface area contributed by atoms with E-state index < -0.39 is 40.1 Å². The zero-order valence-electron chi connectivity index (χ0n) is 52.2. The quantitative estimate of drug-likeness (QED) is 0.0331. The molecule has 0 aliphatic heterocycles. The highest BCUT2D eigenvalue weighted by atomic mass is 32.2. The van der Waals surface area contributed by atoms with E-state index in [-0.39, 0.29) is 115 Å². The fraction of sp³-hybridized carbons (Fsp3) is 0.290. The van der Waals surface area contributed by atoms with Crippen molar-refractivity contribution in [2.75, 3.05) is 55.7 Å². The molecule has 0 bridgehead atoms. The second kappa shape index (κ2) is 30.6. The third-order valence-corrected chi connectivity index (χ3v) is 20.2. The molecule has 0 unspecified atom stereocenters. The molecule has 0 saturated heterocycles. The third kappa shape index (κ3) is 19.5. The van der Waals surface area contributed by atoms with E-state index in [0.717, 1.165) is 22.5 Å². The highest BCUT2D eigenvalue weighted by Gasteiger charge is 2.24. The van der Waals surface area contributed by atoms with E-state index in [1.807, 2.05) is 41.5 Å². The van der Waals surface area contributed by atoms with Crippen LogP contribution >= 0.6 is 11.3 Å². The van der Waals surface area contributed by atoms with E-state index in [0.29, 0.717) is 35.8 Å². The van der Waals surface area contributed by atoms with Crippen LogP contribution in [0.15, 0.2) is 165 Å². The summed E-state index contributed by atoms with van der Waals surface area (Å²) in [4.78, 5) is 34.9. The van der Waals surface area contributed by atoms with Crippen molar-refractivity contribution < 1.29 is 62.1 Å². The lowest BCUT2D eigenvalue weighted by molar-refractivity contribution is 0.282. The number of nitrogens with zero attached hydrogens (tertiary/aromatic N) is 8. The van der Waals surface area contributed by atoms with Crippen molar-refractivity contribution in [3.05, 3.63) is 163 Å². The number of aromatic nitrogens is 8. The van der Waals surface area contributed by atoms with E-state index >= 15 is 0 Å². The molecule has 5 heterocycles. The Balaban J connectivity index is 0.000000240. The first-order valence-corrected chi connectivity index (χ1v) is 35.7. The zero-order chi connectivity index (χ0) is 67.0. The Labute approximate surface area is 545 Å². The molecule has 0 radical (unpaired) electrons. The van der Waals surface area contributed by atoms with Gasteiger partial charge in [0, 0.05) is 25.5 Å². The lowest BCUT2D eigenvalue weighted by atomic mass is 9.87. The molecule has 26 nitrogen and oxygen atoms in total. The zero-order valence-corrected chi connectivity index (χ0v) is 56.3. The van der Waals surface area contributed by atoms with Gasteiger partial charge in [0.1, 0.15) is 15.8 Å². The molecule has 0 aliphatic carbocycles. The highest BCUT2D eigenvalue weighted by Crippen LogP contribution is 2.38. The molecule has 93 heavy (non-hydrogen) atoms. The molecule has 31 heteroatoms. The Bertz CT molecular complexity index is 4470. The summed E-state index contributed by atoms with van der Waals surface area (Å²) in [5.41, 5.74) is 1.75. The normalized spacial score (nSPS) is 12.0. The highest BCUT2D eigenvalue weighted by molar-refractivity contribution is 7.93. The maximum Gasteiger partial charge on any atom is 0.263 e. The lowest BCUT2D eigenvalue weighted by Gasteiger charge is -2.19. The van der Waals surface area contributed by atoms with Crippen molar-refractivity contribution in [1.82, 2.24) is 49.3 Å². The maximum absolute atomic E-state index is 13.1. The van der Waals surface area contributed by atoms with Gasteiger partial charge in [-0.1, -0.05) is 96.1 Å². The standard InChI is InChI=1S/C32H34N6O7S3.C30H36N6O7S2/c1-32(2,3)22-12-14-23(15-13-22)47(39,40)38-27-16-18-33-29(36-27)30-34-21-26(45-25-10-6-5-9-24(25)43-4)31(37-30)44-19-8-17-35-48(41,42)28-11-7-20-46-28;1-6-44(37,38)33-17-9-19-42-29-25(43-24-11-8-7-10-23(24)41-5)20-32-28(35-29)27-31-18-16-26(34-27)36-45(39,40)22-14-12-21(13-15-22)30(2,3)4/h5-7,9-16,18,20-21,35H,8,17,19H2,1-4H3,(H,33,36,38);7-8,10-16,18,20,33H,6,9,17,19H2,1-5H3,(H,31,34,36). The SMILES string of the molecule is CCS(=O)(=O)NCCCOc1nc(-c2nccc(NS(=O)(=O)c3ccc(C(C)(C)C)cc3)n2)ncc1Oc1ccccc1OC.COc1ccccc1Oc1cnc(-c2nccc(NS(=O)(=O)c3ccc(C(C)(C)C)cc3)n2)nc1OCCCNS(=O)(=O)c1cccs1. The van der Waals surface area contributed by atoms with Crippen molar-refractivity contribution in [1.29, 1.82) is 0 Å². The molecule has 0 fully saturated rings. The van der Waals surface area contributed by atoms with Crippen molar-refractivity contribution in [2.24, 2.45) is 0 Å². The van der Waals surface area contributed by atoms with E-state index in [4.69, 9.17) is 28.4 Å². The molecule has 9 rings (SSSR count). The number of rotatable bonds is 28. The predicted molar refractivity (Wildman–Crippen MR) is 351 cm³/mol. The number of ether oxygens (including phenoxy) is 6. The van der Waals surface area contributed by atoms with Crippen LogP contribution in [0.3, 0.4) is 0 Å². The summed E-state index contributed by atoms with van der Waals surface area (Å²) in [6, 6.07) is 33.3. The van der Waals surface area contributed by atoms with Crippen molar-refractivity contribution in [2.45, 2.75) is 86.1 Å². The van der Waals surface area contributed by atoms with Crippen LogP contribution in [-0.4, -0.2) is 120 Å². The van der Waals surface area contributed by atoms with Gasteiger partial charge in [-0.15, -0.1) is 11.3 Å². The summed E-state index contributed by atoms with van der Waals surface area (Å²) in [6.45, 7) is 14.3. The fourth-order valence-corrected chi connectivity index (χ4v) is 12.9. The van der Waals surface area contributed by atoms with Gasteiger partial charge in [0.05, 0.1) is 55.4 Å². The number of sulfonamides is 4. The first-order valence-electron chi connectivity index (χ1n) is 28.7. The van der Waals surface area contributed by atoms with Crippen LogP contribution in [0.4, 0.5) is 11.6 Å². The van der Waals surface area contributed by atoms with E-state index in [9.17, 15) is 33.7 Å². The Morgan fingerprint density at radius 3 is 1.25 bits per heavy atom. The molecular weight excluding hydrogens is 1300 g/mol. The number of para-hydroxylation sites is 4. The number of thiophene rings is 1. The molecular formula is C62H70N12O14S5. The van der Waals surface area contributed by atoms with E-state index in [1.54, 1.807) is 115 Å². The first kappa shape index (κ1) is 69.9. The summed E-state index contributed by atoms with van der Waals surface area (Å²) in [5.74, 6) is 2.21. The van der Waals surface area contributed by atoms with Gasteiger partial charge >= 0.3 is 0 Å². The van der Waals surface area contributed by atoms with Gasteiger partial charge in [-0.2, -0.15) is 9.97 Å². The van der Waals surface area contributed by atoms with Crippen LogP contribution in [0.5, 0.6) is 46.3 Å². The van der Waals surface area contributed by atoms with Gasteiger partial charge in [0.25, 0.3) is 31.8 Å². The second-order valence-electron chi connectivity index (χ2n) is 22.1. The summed E-state index contributed by atoms with van der Waals surface area (Å²) in [5, 5.41) is 1.69. The molecule has 4 N–H and O–H groups in total. The minimum atomic E-state index is -3.96. The van der Waals surface area contributed by atoms with Gasteiger partial charge in [-0.3, -0.25) is 9.44 Å². The van der Waals surface area contributed by atoms with Crippen molar-refractivity contribution in [3.63, 3.8) is 0 Å². The summed E-state index contributed by atoms with van der Waals surface area (Å²) in [7, 11) is -11.8. The molecule has 0 spiro atoms. The monoisotopic (exact) mass is 1370 g/mol. The number of hydrogen-bond acceptors (Lipinski definition) is 23. The lowest BCUT2D eigenvalue weighted by Crippen LogP contribution is -2.27. The Kier molecular flexibility index (Phi) is 23.0. The molecule has 5 aromatic heterocycles. The maximum atomic E-state index is 13.1. The average molecular weight is 1370 g/mol. The summed E-state index contributed by atoms with van der Waals surface area (Å²) < 4.78 is 146. The number of hydrogen-bond donors (Lipinski definition) is 4. The summed E-state index contributed by atoms with van der Waals surface area (Å²) >= 11 is 1.12. The van der Waals surface area contributed by atoms with Crippen LogP contribution in [0, 0.1) is 0 Å². The number of nitrogens with one attached hydrogen (secondary N) is 4. The number of benzene rings is 4. The minimum absolute atomic E-state index is 0.0124. The van der Waals surface area contributed by atoms with E-state index in [1.165, 1.54) is 57.2 Å². The van der Waals surface area contributed by atoms with Gasteiger partial charge in [-0.25, -0.2) is 73.0 Å². The van der Waals surface area contributed by atoms with Crippen LogP contribution in [-0.2, 0) is 50.9 Å². The Morgan fingerprint density at radius 2 is 0.860 bits per heavy atom. The number of anilines is 2. The predicted octanol–water partition coefficient (Wildman–Crippen LogP) is 10.2.